The summed E-state index contributed by atoms with van der Waals surface area (Å²) in [5.41, 5.74) is 2.09. The minimum Gasteiger partial charge on any atom is -0.508 e. The van der Waals surface area contributed by atoms with Gasteiger partial charge >= 0.3 is 6.09 Å². The van der Waals surface area contributed by atoms with E-state index in [0.29, 0.717) is 40.9 Å². The summed E-state index contributed by atoms with van der Waals surface area (Å²) in [7, 11) is 4.66. The Morgan fingerprint density at radius 3 is 2.59 bits per heavy atom. The molecule has 2 bridgehead atoms. The molecular weight excluding hydrogens is 388 g/mol. The van der Waals surface area contributed by atoms with Crippen molar-refractivity contribution in [3.63, 3.8) is 0 Å². The molecule has 1 amide bonds. The molecule has 0 radical (unpaired) electrons. The van der Waals surface area contributed by atoms with Gasteiger partial charge in [-0.3, -0.25) is 5.32 Å². The number of carbonyl (C=O) groups excluding carboxylic acids is 1. The fourth-order valence-corrected chi connectivity index (χ4v) is 5.20. The van der Waals surface area contributed by atoms with Crippen molar-refractivity contribution in [1.82, 2.24) is 0 Å². The zero-order valence-corrected chi connectivity index (χ0v) is 17.7. The van der Waals surface area contributed by atoms with Gasteiger partial charge in [0.25, 0.3) is 0 Å². The Bertz CT molecular complexity index is 899. The summed E-state index contributed by atoms with van der Waals surface area (Å²) in [6, 6.07) is 13.5. The average molecular weight is 416 g/mol. The first kappa shape index (κ1) is 20.0. The van der Waals surface area contributed by atoms with Crippen LogP contribution in [0.5, 0.6) is 5.75 Å². The number of amides is 1. The lowest BCUT2D eigenvalue weighted by atomic mass is 9.90. The molecule has 4 rings (SSSR count). The molecule has 2 aliphatic rings. The van der Waals surface area contributed by atoms with Crippen LogP contribution in [0.25, 0.3) is 11.1 Å². The van der Waals surface area contributed by atoms with Gasteiger partial charge in [-0.15, -0.1) is 0 Å². The number of hydrogen-bond acceptors (Lipinski definition) is 3. The molecule has 2 fully saturated rings. The molecule has 0 aliphatic carbocycles. The fraction of sp³-hybridized carbons (Fsp3) is 0.435. The minimum atomic E-state index is -0.467. The molecule has 29 heavy (non-hydrogen) atoms. The van der Waals surface area contributed by atoms with Crippen LogP contribution in [0.2, 0.25) is 5.02 Å². The molecule has 2 saturated heterocycles. The first-order chi connectivity index (χ1) is 13.8. The van der Waals surface area contributed by atoms with Crippen LogP contribution in [0.15, 0.2) is 42.5 Å². The van der Waals surface area contributed by atoms with Gasteiger partial charge in [-0.25, -0.2) is 4.79 Å². The molecule has 2 aliphatic heterocycles. The quantitative estimate of drug-likeness (QED) is 0.527. The number of rotatable bonds is 4. The molecule has 154 valence electrons. The Morgan fingerprint density at radius 1 is 1.17 bits per heavy atom. The molecule has 2 aromatic carbocycles. The zero-order chi connectivity index (χ0) is 20.6. The van der Waals surface area contributed by atoms with Crippen LogP contribution < -0.4 is 5.32 Å². The second-order valence-corrected chi connectivity index (χ2v) is 9.25. The van der Waals surface area contributed by atoms with E-state index in [2.05, 4.69) is 19.4 Å². The summed E-state index contributed by atoms with van der Waals surface area (Å²) >= 11 is 6.10. The number of ether oxygens (including phenoxy) is 1. The highest BCUT2D eigenvalue weighted by molar-refractivity contribution is 6.30. The molecular formula is C23H28ClN2O3+. The maximum atomic E-state index is 12.5. The van der Waals surface area contributed by atoms with Crippen molar-refractivity contribution in [3.05, 3.63) is 47.5 Å². The number of phenols is 1. The van der Waals surface area contributed by atoms with Gasteiger partial charge in [-0.2, -0.15) is 0 Å². The molecule has 6 heteroatoms. The van der Waals surface area contributed by atoms with E-state index < -0.39 is 6.09 Å². The Morgan fingerprint density at radius 2 is 1.90 bits per heavy atom. The van der Waals surface area contributed by atoms with Gasteiger partial charge < -0.3 is 14.3 Å². The molecule has 2 N–H and O–H groups in total. The maximum absolute atomic E-state index is 12.5. The highest BCUT2D eigenvalue weighted by atomic mass is 35.5. The predicted octanol–water partition coefficient (Wildman–Crippen LogP) is 5.28. The molecule has 0 spiro atoms. The Balaban J connectivity index is 1.41. The molecule has 0 aromatic heterocycles. The fourth-order valence-electron chi connectivity index (χ4n) is 5.00. The monoisotopic (exact) mass is 415 g/mol. The number of halogens is 1. The lowest BCUT2D eigenvalue weighted by molar-refractivity contribution is -0.931. The van der Waals surface area contributed by atoms with Crippen molar-refractivity contribution in [2.45, 2.75) is 37.8 Å². The summed E-state index contributed by atoms with van der Waals surface area (Å²) in [6.45, 7) is 0.448. The number of quaternary nitrogens is 1. The predicted molar refractivity (Wildman–Crippen MR) is 115 cm³/mol. The SMILES string of the molecule is C[N+]1(C)[C@@H]2CC[C@H]1CC(COC(=O)Nc1ccc(O)cc1-c1cccc(Cl)c1)C2. The number of nitrogens with zero attached hydrogens (tertiary/aromatic N) is 1. The number of piperidine rings is 1. The van der Waals surface area contributed by atoms with Crippen molar-refractivity contribution in [3.8, 4) is 16.9 Å². The molecule has 0 saturated carbocycles. The van der Waals surface area contributed by atoms with Crippen LogP contribution in [-0.4, -0.2) is 48.5 Å². The first-order valence-corrected chi connectivity index (χ1v) is 10.6. The highest BCUT2D eigenvalue weighted by Gasteiger charge is 2.48. The lowest BCUT2D eigenvalue weighted by Gasteiger charge is -2.44. The second-order valence-electron chi connectivity index (χ2n) is 8.82. The van der Waals surface area contributed by atoms with E-state index in [0.717, 1.165) is 22.9 Å². The van der Waals surface area contributed by atoms with E-state index in [1.165, 1.54) is 12.8 Å². The third-order valence-electron chi connectivity index (χ3n) is 6.75. The van der Waals surface area contributed by atoms with Crippen LogP contribution in [-0.2, 0) is 4.74 Å². The van der Waals surface area contributed by atoms with Crippen LogP contribution >= 0.6 is 11.6 Å². The lowest BCUT2D eigenvalue weighted by Crippen LogP contribution is -2.55. The highest BCUT2D eigenvalue weighted by Crippen LogP contribution is 2.42. The number of fused-ring (bicyclic) bond motifs is 2. The van der Waals surface area contributed by atoms with Crippen LogP contribution in [0, 0.1) is 5.92 Å². The topological polar surface area (TPSA) is 58.6 Å². The van der Waals surface area contributed by atoms with Crippen molar-refractivity contribution >= 4 is 23.4 Å². The number of hydrogen-bond donors (Lipinski definition) is 2. The third kappa shape index (κ3) is 4.21. The zero-order valence-electron chi connectivity index (χ0n) is 16.9. The number of benzene rings is 2. The van der Waals surface area contributed by atoms with Crippen LogP contribution in [0.4, 0.5) is 10.5 Å². The van der Waals surface area contributed by atoms with Gasteiger partial charge in [-0.05, 0) is 35.9 Å². The molecule has 2 heterocycles. The number of carbonyl (C=O) groups is 1. The van der Waals surface area contributed by atoms with Gasteiger partial charge in [0.2, 0.25) is 0 Å². The van der Waals surface area contributed by atoms with E-state index in [9.17, 15) is 9.90 Å². The van der Waals surface area contributed by atoms with Gasteiger partial charge in [0.15, 0.2) is 0 Å². The Labute approximate surface area is 176 Å². The van der Waals surface area contributed by atoms with Gasteiger partial charge in [-0.1, -0.05) is 23.7 Å². The van der Waals surface area contributed by atoms with E-state index in [-0.39, 0.29) is 5.75 Å². The van der Waals surface area contributed by atoms with Crippen molar-refractivity contribution < 1.29 is 19.1 Å². The summed E-state index contributed by atoms with van der Waals surface area (Å²) in [5, 5.41) is 13.3. The van der Waals surface area contributed by atoms with E-state index >= 15 is 0 Å². The number of nitrogens with one attached hydrogen (secondary N) is 1. The summed E-state index contributed by atoms with van der Waals surface area (Å²) in [5.74, 6) is 0.550. The van der Waals surface area contributed by atoms with Gasteiger partial charge in [0, 0.05) is 42.2 Å². The molecule has 3 atom stereocenters. The average Bonchev–Trinajstić information content (AvgIpc) is 2.85. The number of anilines is 1. The number of phenolic OH excluding ortho intramolecular Hbond substituents is 1. The minimum absolute atomic E-state index is 0.123. The molecule has 1 unspecified atom stereocenters. The standard InChI is InChI=1S/C23H27ClN2O3/c1-26(2)18-6-7-19(26)11-15(10-18)14-29-23(28)25-22-9-8-20(27)13-21(22)16-4-3-5-17(24)12-16/h3-5,8-9,12-13,15,18-19H,6-7,10-11,14H2,1-2H3,(H-,25,27,28)/p+1/t15?,18-,19+. The Kier molecular flexibility index (Phi) is 5.45. The molecule has 2 aromatic rings. The summed E-state index contributed by atoms with van der Waals surface area (Å²) in [6.07, 6.45) is 4.31. The smallest absolute Gasteiger partial charge is 0.411 e. The summed E-state index contributed by atoms with van der Waals surface area (Å²) in [4.78, 5) is 12.5. The largest absolute Gasteiger partial charge is 0.508 e. The van der Waals surface area contributed by atoms with Gasteiger partial charge in [0.05, 0.1) is 38.5 Å². The first-order valence-electron chi connectivity index (χ1n) is 10.2. The third-order valence-corrected chi connectivity index (χ3v) is 6.99. The second kappa shape index (κ2) is 7.88. The number of aromatic hydroxyl groups is 1. The van der Waals surface area contributed by atoms with E-state index in [4.69, 9.17) is 16.3 Å². The maximum Gasteiger partial charge on any atom is 0.411 e. The van der Waals surface area contributed by atoms with Gasteiger partial charge in [0.1, 0.15) is 5.75 Å². The Hall–Kier alpha value is -2.24. The normalized spacial score (nSPS) is 24.9. The van der Waals surface area contributed by atoms with Crippen molar-refractivity contribution in [2.75, 3.05) is 26.0 Å². The molecule has 5 nitrogen and oxygen atoms in total. The van der Waals surface area contributed by atoms with Crippen molar-refractivity contribution in [1.29, 1.82) is 0 Å². The van der Waals surface area contributed by atoms with E-state index in [1.54, 1.807) is 30.3 Å². The summed E-state index contributed by atoms with van der Waals surface area (Å²) < 4.78 is 6.69. The van der Waals surface area contributed by atoms with Crippen LogP contribution in [0.1, 0.15) is 25.7 Å². The van der Waals surface area contributed by atoms with Crippen molar-refractivity contribution in [2.24, 2.45) is 5.92 Å². The van der Waals surface area contributed by atoms with E-state index in [1.807, 2.05) is 12.1 Å². The van der Waals surface area contributed by atoms with Crippen LogP contribution in [0.3, 0.4) is 0 Å².